The molecule has 0 aromatic heterocycles. The second-order valence-corrected chi connectivity index (χ2v) is 7.32. The number of nitrogens with two attached hydrogens (primary N) is 1. The maximum Gasteiger partial charge on any atom is 0.0255 e. The topological polar surface area (TPSA) is 29.3 Å². The molecule has 0 aromatic carbocycles. The van der Waals surface area contributed by atoms with Crippen molar-refractivity contribution in [3.05, 3.63) is 0 Å². The smallest absolute Gasteiger partial charge is 0.0255 e. The average molecular weight is 258 g/mol. The predicted octanol–water partition coefficient (Wildman–Crippen LogP) is 2.68. The molecule has 2 unspecified atom stereocenters. The third-order valence-corrected chi connectivity index (χ3v) is 4.61. The standard InChI is InChI=1S/C14H30N2S/c1-11(2)8-16(9-12(3)4)14(7-15)13-5-6-17-10-13/h11-14H,5-10,15H2,1-4H3. The number of hydrogen-bond acceptors (Lipinski definition) is 3. The molecule has 0 amide bonds. The average Bonchev–Trinajstić information content (AvgIpc) is 2.70. The summed E-state index contributed by atoms with van der Waals surface area (Å²) in [5, 5.41) is 0. The van der Waals surface area contributed by atoms with Gasteiger partial charge in [0.15, 0.2) is 0 Å². The molecule has 102 valence electrons. The Labute approximate surface area is 112 Å². The lowest BCUT2D eigenvalue weighted by Crippen LogP contribution is -2.48. The second kappa shape index (κ2) is 7.65. The zero-order chi connectivity index (χ0) is 12.8. The van der Waals surface area contributed by atoms with Crippen LogP contribution in [0.15, 0.2) is 0 Å². The van der Waals surface area contributed by atoms with Gasteiger partial charge in [-0.25, -0.2) is 0 Å². The summed E-state index contributed by atoms with van der Waals surface area (Å²) in [4.78, 5) is 2.66. The highest BCUT2D eigenvalue weighted by Gasteiger charge is 2.29. The first-order chi connectivity index (χ1) is 8.04. The number of rotatable bonds is 7. The van der Waals surface area contributed by atoms with Crippen molar-refractivity contribution < 1.29 is 0 Å². The van der Waals surface area contributed by atoms with Crippen molar-refractivity contribution in [3.63, 3.8) is 0 Å². The van der Waals surface area contributed by atoms with Crippen LogP contribution in [0.25, 0.3) is 0 Å². The lowest BCUT2D eigenvalue weighted by molar-refractivity contribution is 0.123. The van der Waals surface area contributed by atoms with Crippen LogP contribution in [0, 0.1) is 17.8 Å². The van der Waals surface area contributed by atoms with Gasteiger partial charge in [-0.1, -0.05) is 27.7 Å². The molecule has 1 aliphatic heterocycles. The summed E-state index contributed by atoms with van der Waals surface area (Å²) < 4.78 is 0. The lowest BCUT2D eigenvalue weighted by atomic mass is 9.95. The van der Waals surface area contributed by atoms with E-state index in [1.807, 2.05) is 0 Å². The summed E-state index contributed by atoms with van der Waals surface area (Å²) in [5.41, 5.74) is 6.05. The fourth-order valence-electron chi connectivity index (χ4n) is 2.78. The zero-order valence-corrected chi connectivity index (χ0v) is 12.8. The van der Waals surface area contributed by atoms with E-state index >= 15 is 0 Å². The van der Waals surface area contributed by atoms with E-state index in [1.165, 1.54) is 31.0 Å². The van der Waals surface area contributed by atoms with E-state index in [2.05, 4.69) is 44.4 Å². The summed E-state index contributed by atoms with van der Waals surface area (Å²) in [5.74, 6) is 4.93. The SMILES string of the molecule is CC(C)CN(CC(C)C)C(CN)C1CCSC1. The third kappa shape index (κ3) is 5.19. The van der Waals surface area contributed by atoms with Crippen LogP contribution in [-0.2, 0) is 0 Å². The van der Waals surface area contributed by atoms with E-state index in [1.54, 1.807) is 0 Å². The second-order valence-electron chi connectivity index (χ2n) is 6.17. The third-order valence-electron chi connectivity index (χ3n) is 3.42. The number of nitrogens with zero attached hydrogens (tertiary/aromatic N) is 1. The van der Waals surface area contributed by atoms with E-state index < -0.39 is 0 Å². The highest BCUT2D eigenvalue weighted by Crippen LogP contribution is 2.29. The minimum atomic E-state index is 0.606. The van der Waals surface area contributed by atoms with Gasteiger partial charge in [-0.05, 0) is 35.7 Å². The molecule has 1 aliphatic rings. The molecular formula is C14H30N2S. The normalized spacial score (nSPS) is 22.9. The molecule has 1 rings (SSSR count). The van der Waals surface area contributed by atoms with Crippen LogP contribution in [0.5, 0.6) is 0 Å². The Bertz CT molecular complexity index is 190. The van der Waals surface area contributed by atoms with Crippen molar-refractivity contribution in [2.24, 2.45) is 23.5 Å². The molecule has 1 fully saturated rings. The molecule has 2 atom stereocenters. The van der Waals surface area contributed by atoms with Crippen LogP contribution in [-0.4, -0.2) is 42.1 Å². The first-order valence-electron chi connectivity index (χ1n) is 7.06. The van der Waals surface area contributed by atoms with Crippen molar-refractivity contribution in [1.82, 2.24) is 4.90 Å². The van der Waals surface area contributed by atoms with Crippen LogP contribution in [0.4, 0.5) is 0 Å². The Kier molecular flexibility index (Phi) is 6.90. The fourth-order valence-corrected chi connectivity index (χ4v) is 4.11. The molecule has 3 heteroatoms. The summed E-state index contributed by atoms with van der Waals surface area (Å²) >= 11 is 2.10. The zero-order valence-electron chi connectivity index (χ0n) is 12.0. The summed E-state index contributed by atoms with van der Waals surface area (Å²) in [6, 6.07) is 0.606. The van der Waals surface area contributed by atoms with Crippen molar-refractivity contribution in [2.45, 2.75) is 40.2 Å². The number of thioether (sulfide) groups is 1. The van der Waals surface area contributed by atoms with E-state index in [4.69, 9.17) is 5.73 Å². The van der Waals surface area contributed by atoms with Crippen LogP contribution in [0.1, 0.15) is 34.1 Å². The fraction of sp³-hybridized carbons (Fsp3) is 1.00. The molecule has 1 saturated heterocycles. The van der Waals surface area contributed by atoms with Crippen molar-refractivity contribution in [1.29, 1.82) is 0 Å². The number of hydrogen-bond donors (Lipinski definition) is 1. The van der Waals surface area contributed by atoms with Crippen LogP contribution >= 0.6 is 11.8 Å². The molecule has 2 nitrogen and oxygen atoms in total. The van der Waals surface area contributed by atoms with Crippen LogP contribution < -0.4 is 5.73 Å². The summed E-state index contributed by atoms with van der Waals surface area (Å²) in [6.07, 6.45) is 1.36. The van der Waals surface area contributed by atoms with E-state index in [0.717, 1.165) is 24.3 Å². The maximum atomic E-state index is 6.05. The molecule has 17 heavy (non-hydrogen) atoms. The van der Waals surface area contributed by atoms with Crippen LogP contribution in [0.2, 0.25) is 0 Å². The summed E-state index contributed by atoms with van der Waals surface area (Å²) in [6.45, 7) is 12.5. The minimum Gasteiger partial charge on any atom is -0.329 e. The first kappa shape index (κ1) is 15.3. The highest BCUT2D eigenvalue weighted by atomic mass is 32.2. The van der Waals surface area contributed by atoms with Gasteiger partial charge in [-0.3, -0.25) is 4.90 Å². The Hall–Kier alpha value is 0.270. The Morgan fingerprint density at radius 3 is 2.12 bits per heavy atom. The Morgan fingerprint density at radius 1 is 1.18 bits per heavy atom. The van der Waals surface area contributed by atoms with Gasteiger partial charge in [0.25, 0.3) is 0 Å². The van der Waals surface area contributed by atoms with Gasteiger partial charge in [0, 0.05) is 25.7 Å². The predicted molar refractivity (Wildman–Crippen MR) is 79.5 cm³/mol. The van der Waals surface area contributed by atoms with Gasteiger partial charge < -0.3 is 5.73 Å². The van der Waals surface area contributed by atoms with E-state index in [9.17, 15) is 0 Å². The Morgan fingerprint density at radius 2 is 1.76 bits per heavy atom. The largest absolute Gasteiger partial charge is 0.329 e. The van der Waals surface area contributed by atoms with Gasteiger partial charge in [0.1, 0.15) is 0 Å². The molecule has 0 aliphatic carbocycles. The van der Waals surface area contributed by atoms with E-state index in [0.29, 0.717) is 6.04 Å². The van der Waals surface area contributed by atoms with Crippen molar-refractivity contribution >= 4 is 11.8 Å². The van der Waals surface area contributed by atoms with Gasteiger partial charge in [-0.15, -0.1) is 0 Å². The molecule has 0 radical (unpaired) electrons. The maximum absolute atomic E-state index is 6.05. The monoisotopic (exact) mass is 258 g/mol. The van der Waals surface area contributed by atoms with Gasteiger partial charge in [0.05, 0.1) is 0 Å². The highest BCUT2D eigenvalue weighted by molar-refractivity contribution is 7.99. The quantitative estimate of drug-likeness (QED) is 0.761. The molecule has 0 saturated carbocycles. The lowest BCUT2D eigenvalue weighted by Gasteiger charge is -2.37. The molecule has 1 heterocycles. The van der Waals surface area contributed by atoms with Crippen molar-refractivity contribution in [2.75, 3.05) is 31.1 Å². The molecule has 2 N–H and O–H groups in total. The first-order valence-corrected chi connectivity index (χ1v) is 8.21. The van der Waals surface area contributed by atoms with Crippen LogP contribution in [0.3, 0.4) is 0 Å². The van der Waals surface area contributed by atoms with Gasteiger partial charge in [-0.2, -0.15) is 11.8 Å². The molecule has 0 aromatic rings. The van der Waals surface area contributed by atoms with Crippen molar-refractivity contribution in [3.8, 4) is 0 Å². The molecule has 0 spiro atoms. The minimum absolute atomic E-state index is 0.606. The van der Waals surface area contributed by atoms with Gasteiger partial charge in [0.2, 0.25) is 0 Å². The Balaban J connectivity index is 2.62. The van der Waals surface area contributed by atoms with E-state index in [-0.39, 0.29) is 0 Å². The molecule has 0 bridgehead atoms. The molecular weight excluding hydrogens is 228 g/mol. The van der Waals surface area contributed by atoms with Gasteiger partial charge >= 0.3 is 0 Å². The summed E-state index contributed by atoms with van der Waals surface area (Å²) in [7, 11) is 0.